The molecule has 1 aliphatic rings. The molecular weight excluding hydrogens is 577 g/mol. The molecule has 0 radical (unpaired) electrons. The van der Waals surface area contributed by atoms with Gasteiger partial charge in [0.2, 0.25) is 0 Å². The second kappa shape index (κ2) is 7.64. The van der Waals surface area contributed by atoms with Crippen molar-refractivity contribution in [2.24, 2.45) is 0 Å². The van der Waals surface area contributed by atoms with Gasteiger partial charge in [-0.3, -0.25) is 0 Å². The van der Waals surface area contributed by atoms with Crippen LogP contribution in [0.4, 0.5) is 35.1 Å². The van der Waals surface area contributed by atoms with Crippen LogP contribution in [0.3, 0.4) is 0 Å². The van der Waals surface area contributed by atoms with E-state index in [9.17, 15) is 43.5 Å². The Morgan fingerprint density at radius 3 is 1.83 bits per heavy atom. The van der Waals surface area contributed by atoms with Gasteiger partial charge in [-0.05, 0) is 33.5 Å². The maximum absolute atomic E-state index is 14.2. The first-order chi connectivity index (χ1) is 12.5. The maximum atomic E-state index is 14.2. The summed E-state index contributed by atoms with van der Waals surface area (Å²) in [6.45, 7) is 6.60. The summed E-state index contributed by atoms with van der Waals surface area (Å²) in [6, 6.07) is -1.53. The molecule has 6 nitrogen and oxygen atoms in total. The average Bonchev–Trinajstić information content (AvgIpc) is 2.97. The minimum atomic E-state index is -6.52. The predicted molar refractivity (Wildman–Crippen MR) is 93.9 cm³/mol. The quantitative estimate of drug-likeness (QED) is 0.0938. The van der Waals surface area contributed by atoms with Crippen LogP contribution < -0.4 is 0 Å². The first-order valence-corrected chi connectivity index (χ1v) is 13.7. The molecule has 0 aliphatic carbocycles. The van der Waals surface area contributed by atoms with Crippen LogP contribution in [0.25, 0.3) is 0 Å². The van der Waals surface area contributed by atoms with Crippen molar-refractivity contribution in [1.82, 2.24) is 4.31 Å². The smallest absolute Gasteiger partial charge is 0.377 e. The molecule has 29 heavy (non-hydrogen) atoms. The SMILES string of the molecule is CCOC1(O[Si](C)(C)C)C(C)N1S(=O)(=O)C(F)(F)C(F)(F)OC(F)(F)C(F)(F)I. The minimum absolute atomic E-state index is 0.265. The average molecular weight is 595 g/mol. The molecule has 0 amide bonds. The van der Waals surface area contributed by atoms with E-state index in [1.165, 1.54) is 26.6 Å². The van der Waals surface area contributed by atoms with Gasteiger partial charge in [0.25, 0.3) is 15.9 Å². The first kappa shape index (κ1) is 27.2. The summed E-state index contributed by atoms with van der Waals surface area (Å²) in [4.78, 5) is 0. The lowest BCUT2D eigenvalue weighted by Gasteiger charge is -2.32. The molecule has 174 valence electrons. The molecular formula is C12H18F8INO5SSi. The number of nitrogens with zero attached hydrogens (tertiary/aromatic N) is 1. The molecule has 1 heterocycles. The van der Waals surface area contributed by atoms with Crippen LogP contribution in [0, 0.1) is 0 Å². The highest BCUT2D eigenvalue weighted by molar-refractivity contribution is 14.1. The highest BCUT2D eigenvalue weighted by Gasteiger charge is 2.81. The van der Waals surface area contributed by atoms with Gasteiger partial charge in [0.1, 0.15) is 0 Å². The van der Waals surface area contributed by atoms with Crippen LogP contribution >= 0.6 is 22.6 Å². The normalized spacial score (nSPS) is 27.2. The fraction of sp³-hybridized carbons (Fsp3) is 1.00. The standard InChI is InChI=1S/C12H18F8INO5SSi/c1-6-25-8(27-29(3,4)5)7(2)22(8)28(23,24)12(19,20)11(17,18)26-10(15,16)9(13,14)21/h7H,6H2,1-5H3. The van der Waals surface area contributed by atoms with Crippen LogP contribution in [-0.2, 0) is 23.9 Å². The zero-order chi connectivity index (χ0) is 23.5. The van der Waals surface area contributed by atoms with Gasteiger partial charge in [-0.25, -0.2) is 13.2 Å². The highest BCUT2D eigenvalue weighted by Crippen LogP contribution is 2.55. The van der Waals surface area contributed by atoms with Crippen LogP contribution in [0.15, 0.2) is 0 Å². The second-order valence-electron chi connectivity index (χ2n) is 6.91. The maximum Gasteiger partial charge on any atom is 0.449 e. The van der Waals surface area contributed by atoms with Crippen LogP contribution in [0.1, 0.15) is 13.8 Å². The monoisotopic (exact) mass is 595 g/mol. The summed E-state index contributed by atoms with van der Waals surface area (Å²) in [6.07, 6.45) is -12.6. The molecule has 0 N–H and O–H groups in total. The third-order valence-electron chi connectivity index (χ3n) is 3.43. The van der Waals surface area contributed by atoms with Crippen molar-refractivity contribution in [2.75, 3.05) is 6.61 Å². The molecule has 3 atom stereocenters. The van der Waals surface area contributed by atoms with Gasteiger partial charge in [-0.15, -0.1) is 4.31 Å². The lowest BCUT2D eigenvalue weighted by atomic mass is 10.5. The Kier molecular flexibility index (Phi) is 7.17. The van der Waals surface area contributed by atoms with E-state index in [1.54, 1.807) is 0 Å². The number of halogens is 9. The van der Waals surface area contributed by atoms with Crippen molar-refractivity contribution in [3.8, 4) is 0 Å². The van der Waals surface area contributed by atoms with E-state index in [4.69, 9.17) is 9.16 Å². The highest BCUT2D eigenvalue weighted by atomic mass is 127. The number of sulfonamides is 1. The summed E-state index contributed by atoms with van der Waals surface area (Å²) in [5.41, 5.74) is 0. The van der Waals surface area contributed by atoms with Gasteiger partial charge in [-0.2, -0.15) is 35.1 Å². The van der Waals surface area contributed by atoms with Crippen LogP contribution in [0.5, 0.6) is 0 Å². The molecule has 0 saturated carbocycles. The van der Waals surface area contributed by atoms with Crippen molar-refractivity contribution >= 4 is 40.9 Å². The lowest BCUT2D eigenvalue weighted by Crippen LogP contribution is -2.57. The zero-order valence-electron chi connectivity index (χ0n) is 15.6. The van der Waals surface area contributed by atoms with Crippen molar-refractivity contribution in [3.63, 3.8) is 0 Å². The number of ether oxygens (including phenoxy) is 2. The van der Waals surface area contributed by atoms with E-state index in [-0.39, 0.29) is 33.5 Å². The van der Waals surface area contributed by atoms with Crippen molar-refractivity contribution in [1.29, 1.82) is 0 Å². The molecule has 17 heteroatoms. The number of rotatable bonds is 10. The Morgan fingerprint density at radius 1 is 1.03 bits per heavy atom. The third-order valence-corrected chi connectivity index (χ3v) is 6.94. The Morgan fingerprint density at radius 2 is 1.48 bits per heavy atom. The molecule has 0 bridgehead atoms. The third kappa shape index (κ3) is 4.84. The van der Waals surface area contributed by atoms with E-state index in [0.29, 0.717) is 0 Å². The van der Waals surface area contributed by atoms with Gasteiger partial charge in [0.15, 0.2) is 8.32 Å². The van der Waals surface area contributed by atoms with Gasteiger partial charge in [-0.1, -0.05) is 0 Å². The molecule has 0 aromatic heterocycles. The van der Waals surface area contributed by atoms with Gasteiger partial charge in [0.05, 0.1) is 6.04 Å². The first-order valence-electron chi connectivity index (χ1n) is 7.79. The minimum Gasteiger partial charge on any atom is -0.377 e. The number of hydrogen-bond acceptors (Lipinski definition) is 5. The molecule has 0 aromatic carbocycles. The summed E-state index contributed by atoms with van der Waals surface area (Å²) in [5, 5.41) is -6.36. The second-order valence-corrected chi connectivity index (χ2v) is 14.5. The van der Waals surface area contributed by atoms with Gasteiger partial charge < -0.3 is 9.16 Å². The molecule has 1 aliphatic heterocycles. The molecule has 0 spiro atoms. The summed E-state index contributed by atoms with van der Waals surface area (Å²) < 4.78 is 139. The topological polar surface area (TPSA) is 64.8 Å². The molecule has 1 rings (SSSR count). The Balaban J connectivity index is 3.36. The van der Waals surface area contributed by atoms with Crippen molar-refractivity contribution < 1.29 is 57.4 Å². The summed E-state index contributed by atoms with van der Waals surface area (Å²) in [7, 11) is -9.19. The summed E-state index contributed by atoms with van der Waals surface area (Å²) in [5.74, 6) is -2.37. The van der Waals surface area contributed by atoms with E-state index in [0.717, 1.165) is 6.92 Å². The largest absolute Gasteiger partial charge is 0.449 e. The fourth-order valence-corrected chi connectivity index (χ4v) is 5.32. The molecule has 3 unspecified atom stereocenters. The Hall–Kier alpha value is 0.177. The van der Waals surface area contributed by atoms with Gasteiger partial charge in [0, 0.05) is 29.2 Å². The summed E-state index contributed by atoms with van der Waals surface area (Å²) >= 11 is -0.313. The van der Waals surface area contributed by atoms with Crippen LogP contribution in [-0.4, -0.2) is 61.0 Å². The number of hydrogen-bond donors (Lipinski definition) is 0. The molecule has 0 aromatic rings. The Bertz CT molecular complexity index is 729. The van der Waals surface area contributed by atoms with E-state index in [2.05, 4.69) is 4.74 Å². The van der Waals surface area contributed by atoms with E-state index in [1.807, 2.05) is 0 Å². The lowest BCUT2D eigenvalue weighted by molar-refractivity contribution is -0.438. The fourth-order valence-electron chi connectivity index (χ4n) is 2.27. The van der Waals surface area contributed by atoms with E-state index < -0.39 is 51.7 Å². The zero-order valence-corrected chi connectivity index (χ0v) is 19.6. The number of alkyl halides is 9. The van der Waals surface area contributed by atoms with Gasteiger partial charge >= 0.3 is 21.4 Å². The van der Waals surface area contributed by atoms with Crippen molar-refractivity contribution in [3.05, 3.63) is 0 Å². The van der Waals surface area contributed by atoms with E-state index >= 15 is 0 Å². The molecule has 1 fully saturated rings. The van der Waals surface area contributed by atoms with Crippen molar-refractivity contribution in [2.45, 2.75) is 66.8 Å². The van der Waals surface area contributed by atoms with Crippen LogP contribution in [0.2, 0.25) is 19.6 Å². The Labute approximate surface area is 176 Å². The molecule has 1 saturated heterocycles. The predicted octanol–water partition coefficient (Wildman–Crippen LogP) is 4.38.